The highest BCUT2D eigenvalue weighted by atomic mass is 32.2. The van der Waals surface area contributed by atoms with Gasteiger partial charge < -0.3 is 9.47 Å². The van der Waals surface area contributed by atoms with E-state index in [1.807, 2.05) is 19.1 Å². The molecular formula is C20H22N4O4S. The van der Waals surface area contributed by atoms with E-state index in [9.17, 15) is 8.42 Å². The van der Waals surface area contributed by atoms with Gasteiger partial charge >= 0.3 is 0 Å². The van der Waals surface area contributed by atoms with Gasteiger partial charge in [0.15, 0.2) is 11.5 Å². The van der Waals surface area contributed by atoms with Gasteiger partial charge in [0.1, 0.15) is 0 Å². The molecule has 0 saturated carbocycles. The number of nitrogens with one attached hydrogen (secondary N) is 2. The summed E-state index contributed by atoms with van der Waals surface area (Å²) >= 11 is 0. The fraction of sp³-hybridized carbons (Fsp3) is 0.200. The van der Waals surface area contributed by atoms with Gasteiger partial charge in [0.2, 0.25) is 0 Å². The number of nitrogens with zero attached hydrogens (tertiary/aromatic N) is 2. The molecule has 3 rings (SSSR count). The quantitative estimate of drug-likeness (QED) is 0.457. The number of methoxy groups -OCH3 is 2. The van der Waals surface area contributed by atoms with Crippen molar-refractivity contribution >= 4 is 16.2 Å². The number of hydrazone groups is 1. The molecule has 0 unspecified atom stereocenters. The predicted octanol–water partition coefficient (Wildman–Crippen LogP) is 3.02. The number of rotatable bonds is 7. The summed E-state index contributed by atoms with van der Waals surface area (Å²) in [4.78, 5) is 2.45. The Hall–Kier alpha value is -3.33. The standard InChI is InChI=1S/C20H22N4O4S/c1-13-5-6-14(2)19(9-13)29(25,26)24-22-12-16-11-21-23-20(16)15-7-8-17(27-3)18(10-15)28-4/h5-12,24H,1-4H3,(H,21,23)/b22-12-. The predicted molar refractivity (Wildman–Crippen MR) is 111 cm³/mol. The Kier molecular flexibility index (Phi) is 5.88. The van der Waals surface area contributed by atoms with E-state index in [1.165, 1.54) is 6.21 Å². The molecule has 9 heteroatoms. The molecule has 3 aromatic rings. The molecule has 8 nitrogen and oxygen atoms in total. The van der Waals surface area contributed by atoms with Crippen LogP contribution in [0.25, 0.3) is 11.3 Å². The molecule has 2 aromatic carbocycles. The van der Waals surface area contributed by atoms with Gasteiger partial charge in [-0.05, 0) is 49.2 Å². The maximum atomic E-state index is 12.6. The molecule has 0 spiro atoms. The molecule has 0 fully saturated rings. The molecule has 0 bridgehead atoms. The topological polar surface area (TPSA) is 106 Å². The van der Waals surface area contributed by atoms with E-state index < -0.39 is 10.0 Å². The lowest BCUT2D eigenvalue weighted by Gasteiger charge is -2.09. The number of aromatic amines is 1. The molecular weight excluding hydrogens is 392 g/mol. The van der Waals surface area contributed by atoms with Crippen molar-refractivity contribution in [3.8, 4) is 22.8 Å². The van der Waals surface area contributed by atoms with E-state index in [0.717, 1.165) is 11.1 Å². The van der Waals surface area contributed by atoms with Crippen molar-refractivity contribution in [3.05, 3.63) is 59.3 Å². The Balaban J connectivity index is 1.85. The molecule has 0 amide bonds. The first-order chi connectivity index (χ1) is 13.9. The van der Waals surface area contributed by atoms with Crippen LogP contribution in [0.1, 0.15) is 16.7 Å². The summed E-state index contributed by atoms with van der Waals surface area (Å²) in [5.74, 6) is 1.17. The van der Waals surface area contributed by atoms with Gasteiger partial charge in [-0.1, -0.05) is 12.1 Å². The van der Waals surface area contributed by atoms with Gasteiger partial charge in [-0.15, -0.1) is 0 Å². The highest BCUT2D eigenvalue weighted by Crippen LogP contribution is 2.32. The SMILES string of the molecule is COc1ccc(-c2[nH]ncc2/C=N\NS(=O)(=O)c2cc(C)ccc2C)cc1OC. The minimum absolute atomic E-state index is 0.196. The lowest BCUT2D eigenvalue weighted by molar-refractivity contribution is 0.355. The maximum absolute atomic E-state index is 12.6. The van der Waals surface area contributed by atoms with Crippen LogP contribution in [0.5, 0.6) is 11.5 Å². The Morgan fingerprint density at radius 2 is 1.83 bits per heavy atom. The Bertz CT molecular complexity index is 1150. The number of benzene rings is 2. The van der Waals surface area contributed by atoms with Crippen molar-refractivity contribution in [2.45, 2.75) is 18.7 Å². The fourth-order valence-corrected chi connectivity index (χ4v) is 3.95. The molecule has 0 aliphatic rings. The minimum atomic E-state index is -3.78. The van der Waals surface area contributed by atoms with Crippen LogP contribution >= 0.6 is 0 Å². The monoisotopic (exact) mass is 414 g/mol. The second-order valence-corrected chi connectivity index (χ2v) is 8.02. The average molecular weight is 414 g/mol. The van der Waals surface area contributed by atoms with Crippen molar-refractivity contribution in [2.75, 3.05) is 14.2 Å². The van der Waals surface area contributed by atoms with Crippen LogP contribution in [0.2, 0.25) is 0 Å². The third-order valence-electron chi connectivity index (χ3n) is 4.35. The number of aromatic nitrogens is 2. The molecule has 0 saturated heterocycles. The molecule has 2 N–H and O–H groups in total. The van der Waals surface area contributed by atoms with Crippen molar-refractivity contribution in [1.82, 2.24) is 15.0 Å². The van der Waals surface area contributed by atoms with Crippen molar-refractivity contribution in [1.29, 1.82) is 0 Å². The van der Waals surface area contributed by atoms with Crippen LogP contribution < -0.4 is 14.3 Å². The molecule has 0 atom stereocenters. The van der Waals surface area contributed by atoms with Crippen LogP contribution in [-0.4, -0.2) is 39.0 Å². The number of ether oxygens (including phenoxy) is 2. The third kappa shape index (κ3) is 4.40. The lowest BCUT2D eigenvalue weighted by Crippen LogP contribution is -2.19. The van der Waals surface area contributed by atoms with Crippen molar-refractivity contribution in [2.24, 2.45) is 5.10 Å². The smallest absolute Gasteiger partial charge is 0.276 e. The minimum Gasteiger partial charge on any atom is -0.493 e. The van der Waals surface area contributed by atoms with Crippen LogP contribution in [-0.2, 0) is 10.0 Å². The van der Waals surface area contributed by atoms with Gasteiger partial charge in [0.25, 0.3) is 10.0 Å². The van der Waals surface area contributed by atoms with E-state index >= 15 is 0 Å². The van der Waals surface area contributed by atoms with Crippen molar-refractivity contribution in [3.63, 3.8) is 0 Å². The summed E-state index contributed by atoms with van der Waals surface area (Å²) in [6.07, 6.45) is 2.96. The number of hydrogen-bond acceptors (Lipinski definition) is 6. The summed E-state index contributed by atoms with van der Waals surface area (Å²) in [7, 11) is -0.661. The first-order valence-electron chi connectivity index (χ1n) is 8.73. The summed E-state index contributed by atoms with van der Waals surface area (Å²) in [5.41, 5.74) is 3.57. The van der Waals surface area contributed by atoms with Crippen LogP contribution in [0, 0.1) is 13.8 Å². The zero-order chi connectivity index (χ0) is 21.0. The van der Waals surface area contributed by atoms with E-state index in [-0.39, 0.29) is 4.90 Å². The second kappa shape index (κ2) is 8.36. The highest BCUT2D eigenvalue weighted by Gasteiger charge is 2.16. The molecule has 29 heavy (non-hydrogen) atoms. The molecule has 0 aliphatic carbocycles. The van der Waals surface area contributed by atoms with Gasteiger partial charge in [0.05, 0.1) is 37.2 Å². The van der Waals surface area contributed by atoms with E-state index in [1.54, 1.807) is 51.6 Å². The molecule has 152 valence electrons. The molecule has 1 aromatic heterocycles. The number of aryl methyl sites for hydroxylation is 2. The van der Waals surface area contributed by atoms with Gasteiger partial charge in [-0.2, -0.15) is 18.6 Å². The molecule has 0 aliphatic heterocycles. The van der Waals surface area contributed by atoms with Crippen LogP contribution in [0.15, 0.2) is 52.6 Å². The number of hydrogen-bond donors (Lipinski definition) is 2. The summed E-state index contributed by atoms with van der Waals surface area (Å²) < 4.78 is 35.7. The molecule has 0 radical (unpaired) electrons. The summed E-state index contributed by atoms with van der Waals surface area (Å²) in [6, 6.07) is 10.6. The van der Waals surface area contributed by atoms with Gasteiger partial charge in [-0.3, -0.25) is 5.10 Å². The summed E-state index contributed by atoms with van der Waals surface area (Å²) in [5, 5.41) is 10.8. The van der Waals surface area contributed by atoms with Gasteiger partial charge in [0, 0.05) is 11.1 Å². The largest absolute Gasteiger partial charge is 0.493 e. The van der Waals surface area contributed by atoms with E-state index in [0.29, 0.717) is 28.3 Å². The molecule has 1 heterocycles. The maximum Gasteiger partial charge on any atom is 0.276 e. The number of sulfonamides is 1. The normalized spacial score (nSPS) is 11.6. The first kappa shape index (κ1) is 20.4. The first-order valence-corrected chi connectivity index (χ1v) is 10.2. The lowest BCUT2D eigenvalue weighted by atomic mass is 10.1. The Labute approximate surface area is 169 Å². The van der Waals surface area contributed by atoms with Gasteiger partial charge in [-0.25, -0.2) is 4.83 Å². The summed E-state index contributed by atoms with van der Waals surface area (Å²) in [6.45, 7) is 3.57. The third-order valence-corrected chi connectivity index (χ3v) is 5.72. The average Bonchev–Trinajstić information content (AvgIpc) is 3.17. The fourth-order valence-electron chi connectivity index (χ4n) is 2.83. The number of H-pyrrole nitrogens is 1. The highest BCUT2D eigenvalue weighted by molar-refractivity contribution is 7.89. The van der Waals surface area contributed by atoms with Crippen molar-refractivity contribution < 1.29 is 17.9 Å². The van der Waals surface area contributed by atoms with Crippen LogP contribution in [0.3, 0.4) is 0 Å². The zero-order valence-corrected chi connectivity index (χ0v) is 17.4. The second-order valence-electron chi connectivity index (χ2n) is 6.39. The van der Waals surface area contributed by atoms with E-state index in [4.69, 9.17) is 9.47 Å². The van der Waals surface area contributed by atoms with E-state index in [2.05, 4.69) is 20.1 Å². The zero-order valence-electron chi connectivity index (χ0n) is 16.6. The Morgan fingerprint density at radius 1 is 1.07 bits per heavy atom. The van der Waals surface area contributed by atoms with Crippen LogP contribution in [0.4, 0.5) is 0 Å². The Morgan fingerprint density at radius 3 is 2.55 bits per heavy atom.